The molecule has 0 bridgehead atoms. The van der Waals surface area contributed by atoms with Gasteiger partial charge < -0.3 is 9.88 Å². The molecule has 5 nitrogen and oxygen atoms in total. The number of nitrogens with zero attached hydrogens (tertiary/aromatic N) is 3. The second-order valence-corrected chi connectivity index (χ2v) is 4.67. The highest BCUT2D eigenvalue weighted by molar-refractivity contribution is 6.09. The lowest BCUT2D eigenvalue weighted by Crippen LogP contribution is -2.14. The lowest BCUT2D eigenvalue weighted by atomic mass is 10.1. The summed E-state index contributed by atoms with van der Waals surface area (Å²) in [4.78, 5) is 15.9. The number of carbonyl (C=O) groups is 1. The van der Waals surface area contributed by atoms with Crippen molar-refractivity contribution < 1.29 is 18.0 Å². The Morgan fingerprint density at radius 1 is 1.43 bits per heavy atom. The second-order valence-electron chi connectivity index (χ2n) is 4.67. The van der Waals surface area contributed by atoms with Crippen molar-refractivity contribution >= 4 is 17.7 Å². The van der Waals surface area contributed by atoms with Crippen LogP contribution in [0.25, 0.3) is 6.08 Å². The van der Waals surface area contributed by atoms with Crippen LogP contribution in [0.2, 0.25) is 0 Å². The van der Waals surface area contributed by atoms with Crippen LogP contribution in [-0.2, 0) is 18.0 Å². The Kier molecular flexibility index (Phi) is 4.50. The minimum absolute atomic E-state index is 0.0491. The number of aryl methyl sites for hydroxylation is 1. The summed E-state index contributed by atoms with van der Waals surface area (Å²) < 4.78 is 39.5. The third-order valence-corrected chi connectivity index (χ3v) is 2.83. The zero-order valence-electron chi connectivity index (χ0n) is 11.9. The van der Waals surface area contributed by atoms with Crippen LogP contribution in [0.4, 0.5) is 18.9 Å². The Labute approximate surface area is 129 Å². The van der Waals surface area contributed by atoms with Crippen molar-refractivity contribution in [2.45, 2.75) is 6.18 Å². The predicted molar refractivity (Wildman–Crippen MR) is 76.9 cm³/mol. The molecule has 0 atom stereocenters. The zero-order chi connectivity index (χ0) is 17.0. The number of rotatable bonds is 3. The first-order valence-corrected chi connectivity index (χ1v) is 6.38. The van der Waals surface area contributed by atoms with Gasteiger partial charge >= 0.3 is 6.18 Å². The van der Waals surface area contributed by atoms with E-state index in [9.17, 15) is 18.0 Å². The van der Waals surface area contributed by atoms with Crippen molar-refractivity contribution in [1.29, 1.82) is 5.26 Å². The molecule has 118 valence electrons. The molecule has 1 aromatic carbocycles. The number of carbonyl (C=O) groups excluding carboxylic acids is 1. The van der Waals surface area contributed by atoms with Gasteiger partial charge in [0, 0.05) is 18.9 Å². The highest BCUT2D eigenvalue weighted by atomic mass is 19.4. The average Bonchev–Trinajstić information content (AvgIpc) is 2.89. The number of imidazole rings is 1. The van der Waals surface area contributed by atoms with E-state index in [1.165, 1.54) is 24.5 Å². The molecule has 0 aliphatic rings. The number of halogens is 3. The van der Waals surface area contributed by atoms with E-state index in [1.54, 1.807) is 23.9 Å². The first-order chi connectivity index (χ1) is 10.8. The Morgan fingerprint density at radius 2 is 2.17 bits per heavy atom. The maximum Gasteiger partial charge on any atom is 0.416 e. The van der Waals surface area contributed by atoms with Crippen LogP contribution in [0.1, 0.15) is 11.3 Å². The van der Waals surface area contributed by atoms with Crippen LogP contribution < -0.4 is 5.32 Å². The average molecular weight is 320 g/mol. The maximum atomic E-state index is 12.6. The maximum absolute atomic E-state index is 12.6. The molecule has 1 N–H and O–H groups in total. The lowest BCUT2D eigenvalue weighted by Gasteiger charge is -2.09. The van der Waals surface area contributed by atoms with Gasteiger partial charge in [0.2, 0.25) is 0 Å². The minimum Gasteiger partial charge on any atom is -0.340 e. The van der Waals surface area contributed by atoms with Crippen LogP contribution in [0.3, 0.4) is 0 Å². The second kappa shape index (κ2) is 6.36. The molecular weight excluding hydrogens is 309 g/mol. The summed E-state index contributed by atoms with van der Waals surface area (Å²) in [5, 5.41) is 11.3. The van der Waals surface area contributed by atoms with Crippen molar-refractivity contribution in [3.8, 4) is 6.07 Å². The molecule has 0 radical (unpaired) electrons. The number of nitriles is 1. The third kappa shape index (κ3) is 4.20. The molecule has 2 rings (SSSR count). The Bertz CT molecular complexity index is 800. The van der Waals surface area contributed by atoms with Crippen LogP contribution in [0, 0.1) is 11.3 Å². The summed E-state index contributed by atoms with van der Waals surface area (Å²) in [5.74, 6) is -0.808. The van der Waals surface area contributed by atoms with E-state index in [4.69, 9.17) is 5.26 Å². The van der Waals surface area contributed by atoms with Gasteiger partial charge in [-0.15, -0.1) is 0 Å². The van der Waals surface area contributed by atoms with E-state index in [0.717, 1.165) is 12.1 Å². The molecule has 1 heterocycles. The molecule has 2 aromatic rings. The van der Waals surface area contributed by atoms with Gasteiger partial charge in [0.15, 0.2) is 0 Å². The van der Waals surface area contributed by atoms with Crippen LogP contribution >= 0.6 is 0 Å². The molecule has 0 aliphatic heterocycles. The zero-order valence-corrected chi connectivity index (χ0v) is 11.9. The van der Waals surface area contributed by atoms with E-state index in [2.05, 4.69) is 10.3 Å². The van der Waals surface area contributed by atoms with Gasteiger partial charge in [-0.2, -0.15) is 18.4 Å². The molecule has 0 unspecified atom stereocenters. The summed E-state index contributed by atoms with van der Waals surface area (Å²) in [5.41, 5.74) is -0.807. The molecule has 8 heteroatoms. The fourth-order valence-corrected chi connectivity index (χ4v) is 1.78. The number of amides is 1. The molecule has 23 heavy (non-hydrogen) atoms. The first-order valence-electron chi connectivity index (χ1n) is 6.38. The Hall–Kier alpha value is -3.08. The Balaban J connectivity index is 2.21. The van der Waals surface area contributed by atoms with Crippen molar-refractivity contribution in [1.82, 2.24) is 9.55 Å². The highest BCUT2D eigenvalue weighted by Crippen LogP contribution is 2.30. The molecule has 0 fully saturated rings. The summed E-state index contributed by atoms with van der Waals surface area (Å²) in [7, 11) is 1.72. The monoisotopic (exact) mass is 320 g/mol. The lowest BCUT2D eigenvalue weighted by molar-refractivity contribution is -0.137. The fourth-order valence-electron chi connectivity index (χ4n) is 1.78. The molecule has 0 spiro atoms. The topological polar surface area (TPSA) is 70.7 Å². The summed E-state index contributed by atoms with van der Waals surface area (Å²) in [6, 6.07) is 5.88. The normalized spacial score (nSPS) is 11.9. The number of benzene rings is 1. The van der Waals surface area contributed by atoms with E-state index in [-0.39, 0.29) is 11.3 Å². The van der Waals surface area contributed by atoms with Gasteiger partial charge in [0.1, 0.15) is 11.6 Å². The summed E-state index contributed by atoms with van der Waals surface area (Å²) in [6.45, 7) is 0. The van der Waals surface area contributed by atoms with Crippen LogP contribution in [0.5, 0.6) is 0 Å². The predicted octanol–water partition coefficient (Wildman–Crippen LogP) is 2.98. The number of hydrogen-bond donors (Lipinski definition) is 1. The van der Waals surface area contributed by atoms with Gasteiger partial charge in [-0.1, -0.05) is 6.07 Å². The quantitative estimate of drug-likeness (QED) is 0.698. The van der Waals surface area contributed by atoms with Gasteiger partial charge in [-0.3, -0.25) is 4.79 Å². The molecular formula is C15H11F3N4O. The van der Waals surface area contributed by atoms with Crippen LogP contribution in [-0.4, -0.2) is 15.5 Å². The van der Waals surface area contributed by atoms with E-state index in [1.807, 2.05) is 0 Å². The van der Waals surface area contributed by atoms with Crippen molar-refractivity contribution in [2.24, 2.45) is 7.05 Å². The smallest absolute Gasteiger partial charge is 0.340 e. The van der Waals surface area contributed by atoms with Gasteiger partial charge in [-0.25, -0.2) is 4.98 Å². The first kappa shape index (κ1) is 16.3. The number of anilines is 1. The van der Waals surface area contributed by atoms with E-state index in [0.29, 0.717) is 5.69 Å². The third-order valence-electron chi connectivity index (χ3n) is 2.83. The number of aromatic nitrogens is 2. The largest absolute Gasteiger partial charge is 0.416 e. The Morgan fingerprint density at radius 3 is 2.74 bits per heavy atom. The van der Waals surface area contributed by atoms with Crippen molar-refractivity contribution in [2.75, 3.05) is 5.32 Å². The SMILES string of the molecule is Cn1cnc(C=C(C#N)C(=O)Nc2cccc(C(F)(F)F)c2)c1. The number of alkyl halides is 3. The standard InChI is InChI=1S/C15H11F3N4O/c1-22-8-13(20-9-22)5-10(7-19)14(23)21-12-4-2-3-11(6-12)15(16,17)18/h2-6,8-9H,1H3,(H,21,23). The summed E-state index contributed by atoms with van der Waals surface area (Å²) >= 11 is 0. The van der Waals surface area contributed by atoms with Crippen molar-refractivity contribution in [3.05, 3.63) is 53.6 Å². The molecule has 0 saturated carbocycles. The molecule has 0 aliphatic carbocycles. The van der Waals surface area contributed by atoms with Gasteiger partial charge in [-0.05, 0) is 24.3 Å². The van der Waals surface area contributed by atoms with E-state index < -0.39 is 17.6 Å². The molecule has 1 amide bonds. The van der Waals surface area contributed by atoms with Gasteiger partial charge in [0.25, 0.3) is 5.91 Å². The van der Waals surface area contributed by atoms with Crippen molar-refractivity contribution in [3.63, 3.8) is 0 Å². The van der Waals surface area contributed by atoms with E-state index >= 15 is 0 Å². The number of hydrogen-bond acceptors (Lipinski definition) is 3. The molecule has 0 saturated heterocycles. The molecule has 1 aromatic heterocycles. The number of nitrogens with one attached hydrogen (secondary N) is 1. The summed E-state index contributed by atoms with van der Waals surface area (Å²) in [6.07, 6.45) is -0.175. The van der Waals surface area contributed by atoms with Gasteiger partial charge in [0.05, 0.1) is 17.6 Å². The highest BCUT2D eigenvalue weighted by Gasteiger charge is 2.30. The van der Waals surface area contributed by atoms with Crippen LogP contribution in [0.15, 0.2) is 42.4 Å². The fraction of sp³-hybridized carbons (Fsp3) is 0.133. The minimum atomic E-state index is -4.51.